The van der Waals surface area contributed by atoms with Gasteiger partial charge in [0, 0.05) is 18.0 Å². The highest BCUT2D eigenvalue weighted by Crippen LogP contribution is 2.23. The third kappa shape index (κ3) is 7.84. The van der Waals surface area contributed by atoms with Crippen molar-refractivity contribution in [2.45, 2.75) is 51.8 Å². The predicted molar refractivity (Wildman–Crippen MR) is 122 cm³/mol. The first kappa shape index (κ1) is 23.5. The Morgan fingerprint density at radius 2 is 1.34 bits per heavy atom. The zero-order valence-corrected chi connectivity index (χ0v) is 18.1. The minimum absolute atomic E-state index is 0.235. The van der Waals surface area contributed by atoms with Crippen molar-refractivity contribution in [2.24, 2.45) is 0 Å². The Kier molecular flexibility index (Phi) is 8.42. The Balaban J connectivity index is 1.54. The van der Waals surface area contributed by atoms with E-state index in [1.807, 2.05) is 48.8 Å². The number of nitrogens with zero attached hydrogens (tertiary/aromatic N) is 2. The van der Waals surface area contributed by atoms with Crippen LogP contribution in [0, 0.1) is 0 Å². The van der Waals surface area contributed by atoms with Crippen LogP contribution in [0.4, 0.5) is 13.2 Å². The summed E-state index contributed by atoms with van der Waals surface area (Å²) < 4.78 is 40.6. The minimum atomic E-state index is -4.68. The van der Waals surface area contributed by atoms with Gasteiger partial charge in [-0.05, 0) is 41.7 Å². The maximum atomic E-state index is 12.2. The number of hydrogen-bond donors (Lipinski definition) is 0. The molecule has 3 aromatic rings. The van der Waals surface area contributed by atoms with Gasteiger partial charge in [0.1, 0.15) is 5.75 Å². The standard InChI is InChI=1S/C26H27F3N2O/c1-2-3-4-5-6-7-22-18-30-25(31-19-22)23-14-10-20(11-15-23)8-9-21-12-16-24(17-13-21)32-26(27,28)29/h8-19H,2-7H2,1H3. The van der Waals surface area contributed by atoms with Gasteiger partial charge in [0.2, 0.25) is 0 Å². The zero-order chi connectivity index (χ0) is 22.8. The first-order chi connectivity index (χ1) is 15.4. The lowest BCUT2D eigenvalue weighted by Crippen LogP contribution is -2.16. The highest BCUT2D eigenvalue weighted by Gasteiger charge is 2.30. The van der Waals surface area contributed by atoms with Gasteiger partial charge in [0.05, 0.1) is 0 Å². The third-order valence-electron chi connectivity index (χ3n) is 5.03. The number of aromatic nitrogens is 2. The molecule has 0 saturated heterocycles. The lowest BCUT2D eigenvalue weighted by Gasteiger charge is -2.08. The molecule has 2 aromatic carbocycles. The van der Waals surface area contributed by atoms with Crippen LogP contribution in [-0.4, -0.2) is 16.3 Å². The van der Waals surface area contributed by atoms with E-state index in [-0.39, 0.29) is 5.75 Å². The van der Waals surface area contributed by atoms with E-state index in [4.69, 9.17) is 0 Å². The van der Waals surface area contributed by atoms with Crippen molar-refractivity contribution in [2.75, 3.05) is 0 Å². The number of halogens is 3. The molecule has 1 aromatic heterocycles. The van der Waals surface area contributed by atoms with E-state index in [0.29, 0.717) is 5.82 Å². The molecule has 3 nitrogen and oxygen atoms in total. The molecule has 0 aliphatic rings. The molecule has 0 saturated carbocycles. The van der Waals surface area contributed by atoms with Crippen LogP contribution in [0.3, 0.4) is 0 Å². The SMILES string of the molecule is CCCCCCCc1cnc(-c2ccc(C=Cc3ccc(OC(F)(F)F)cc3)cc2)nc1. The van der Waals surface area contributed by atoms with Crippen molar-refractivity contribution < 1.29 is 17.9 Å². The Hall–Kier alpha value is -3.15. The first-order valence-electron chi connectivity index (χ1n) is 10.9. The van der Waals surface area contributed by atoms with Gasteiger partial charge in [-0.25, -0.2) is 9.97 Å². The average molecular weight is 441 g/mol. The summed E-state index contributed by atoms with van der Waals surface area (Å²) in [5, 5.41) is 0. The van der Waals surface area contributed by atoms with E-state index in [0.717, 1.165) is 28.7 Å². The number of ether oxygens (including phenoxy) is 1. The summed E-state index contributed by atoms with van der Waals surface area (Å²) in [6.07, 6.45) is 10.1. The quantitative estimate of drug-likeness (QED) is 0.239. The Morgan fingerprint density at radius 1 is 0.781 bits per heavy atom. The van der Waals surface area contributed by atoms with Crippen molar-refractivity contribution in [3.63, 3.8) is 0 Å². The highest BCUT2D eigenvalue weighted by atomic mass is 19.4. The maximum Gasteiger partial charge on any atom is 0.573 e. The number of unbranched alkanes of at least 4 members (excludes halogenated alkanes) is 4. The maximum absolute atomic E-state index is 12.2. The summed E-state index contributed by atoms with van der Waals surface area (Å²) in [4.78, 5) is 9.00. The zero-order valence-electron chi connectivity index (χ0n) is 18.1. The van der Waals surface area contributed by atoms with Gasteiger partial charge < -0.3 is 4.74 Å². The van der Waals surface area contributed by atoms with Crippen molar-refractivity contribution >= 4 is 12.2 Å². The molecule has 32 heavy (non-hydrogen) atoms. The molecule has 6 heteroatoms. The van der Waals surface area contributed by atoms with E-state index < -0.39 is 6.36 Å². The number of rotatable bonds is 10. The summed E-state index contributed by atoms with van der Waals surface area (Å²) in [6, 6.07) is 13.6. The second-order valence-electron chi connectivity index (χ2n) is 7.65. The van der Waals surface area contributed by atoms with E-state index in [1.54, 1.807) is 12.1 Å². The Labute approximate surface area is 187 Å². The lowest BCUT2D eigenvalue weighted by atomic mass is 10.1. The van der Waals surface area contributed by atoms with Crippen LogP contribution in [0.1, 0.15) is 55.7 Å². The van der Waals surface area contributed by atoms with E-state index in [1.165, 1.54) is 44.2 Å². The van der Waals surface area contributed by atoms with Gasteiger partial charge >= 0.3 is 6.36 Å². The first-order valence-corrected chi connectivity index (χ1v) is 10.9. The molecule has 0 fully saturated rings. The fraction of sp³-hybridized carbons (Fsp3) is 0.308. The predicted octanol–water partition coefficient (Wildman–Crippen LogP) is 7.73. The lowest BCUT2D eigenvalue weighted by molar-refractivity contribution is -0.274. The monoisotopic (exact) mass is 440 g/mol. The van der Waals surface area contributed by atoms with Crippen LogP contribution in [0.15, 0.2) is 60.9 Å². The van der Waals surface area contributed by atoms with Gasteiger partial charge in [-0.2, -0.15) is 0 Å². The molecule has 0 spiro atoms. The second kappa shape index (κ2) is 11.5. The molecule has 3 rings (SSSR count). The molecule has 168 valence electrons. The molecule has 0 aliphatic heterocycles. The van der Waals surface area contributed by atoms with Crippen LogP contribution >= 0.6 is 0 Å². The van der Waals surface area contributed by atoms with Crippen LogP contribution in [0.25, 0.3) is 23.5 Å². The van der Waals surface area contributed by atoms with Crippen molar-refractivity contribution in [1.82, 2.24) is 9.97 Å². The number of aryl methyl sites for hydroxylation is 1. The molecule has 0 atom stereocenters. The number of benzene rings is 2. The minimum Gasteiger partial charge on any atom is -0.406 e. The summed E-state index contributed by atoms with van der Waals surface area (Å²) in [5.41, 5.74) is 3.84. The second-order valence-corrected chi connectivity index (χ2v) is 7.65. The smallest absolute Gasteiger partial charge is 0.406 e. The van der Waals surface area contributed by atoms with Gasteiger partial charge in [0.25, 0.3) is 0 Å². The van der Waals surface area contributed by atoms with E-state index in [9.17, 15) is 13.2 Å². The van der Waals surface area contributed by atoms with Crippen molar-refractivity contribution in [3.05, 3.63) is 77.6 Å². The van der Waals surface area contributed by atoms with Gasteiger partial charge in [-0.1, -0.05) is 81.2 Å². The van der Waals surface area contributed by atoms with Gasteiger partial charge in [-0.3, -0.25) is 0 Å². The summed E-state index contributed by atoms with van der Waals surface area (Å²) in [6.45, 7) is 2.22. The van der Waals surface area contributed by atoms with Gasteiger partial charge in [-0.15, -0.1) is 13.2 Å². The molecule has 0 amide bonds. The summed E-state index contributed by atoms with van der Waals surface area (Å²) in [7, 11) is 0. The van der Waals surface area contributed by atoms with Crippen LogP contribution < -0.4 is 4.74 Å². The Bertz CT molecular complexity index is 980. The van der Waals surface area contributed by atoms with Crippen LogP contribution in [0.5, 0.6) is 5.75 Å². The normalized spacial score (nSPS) is 11.8. The fourth-order valence-electron chi connectivity index (χ4n) is 3.28. The molecule has 0 radical (unpaired) electrons. The van der Waals surface area contributed by atoms with E-state index in [2.05, 4.69) is 21.6 Å². The molecule has 1 heterocycles. The molecule has 0 bridgehead atoms. The average Bonchev–Trinajstić information content (AvgIpc) is 2.78. The fourth-order valence-corrected chi connectivity index (χ4v) is 3.28. The van der Waals surface area contributed by atoms with Gasteiger partial charge in [0.15, 0.2) is 5.82 Å². The topological polar surface area (TPSA) is 35.0 Å². The third-order valence-corrected chi connectivity index (χ3v) is 5.03. The largest absolute Gasteiger partial charge is 0.573 e. The number of hydrogen-bond acceptors (Lipinski definition) is 3. The van der Waals surface area contributed by atoms with Crippen LogP contribution in [-0.2, 0) is 6.42 Å². The van der Waals surface area contributed by atoms with Crippen molar-refractivity contribution in [3.8, 4) is 17.1 Å². The molecule has 0 unspecified atom stereocenters. The molecule has 0 N–H and O–H groups in total. The van der Waals surface area contributed by atoms with Crippen LogP contribution in [0.2, 0.25) is 0 Å². The summed E-state index contributed by atoms with van der Waals surface area (Å²) in [5.74, 6) is 0.456. The Morgan fingerprint density at radius 3 is 1.91 bits per heavy atom. The molecular weight excluding hydrogens is 413 g/mol. The highest BCUT2D eigenvalue weighted by molar-refractivity contribution is 5.71. The van der Waals surface area contributed by atoms with Crippen molar-refractivity contribution in [1.29, 1.82) is 0 Å². The number of alkyl halides is 3. The summed E-state index contributed by atoms with van der Waals surface area (Å²) >= 11 is 0. The molecular formula is C26H27F3N2O. The van der Waals surface area contributed by atoms with E-state index >= 15 is 0 Å². The molecule has 0 aliphatic carbocycles.